The van der Waals surface area contributed by atoms with Crippen molar-refractivity contribution in [2.24, 2.45) is 10.4 Å². The average molecular weight is 213 g/mol. The predicted octanol–water partition coefficient (Wildman–Crippen LogP) is 2.55. The quantitative estimate of drug-likeness (QED) is 0.382. The minimum absolute atomic E-state index is 0.181. The third kappa shape index (κ3) is 3.59. The summed E-state index contributed by atoms with van der Waals surface area (Å²) in [5.41, 5.74) is 0.181. The number of hydrogen-bond acceptors (Lipinski definition) is 3. The third-order valence-corrected chi connectivity index (χ3v) is 3.21. The molecule has 0 aromatic rings. The predicted molar refractivity (Wildman–Crippen MR) is 63.2 cm³/mol. The number of aliphatic imine (C=N–C) groups is 1. The summed E-state index contributed by atoms with van der Waals surface area (Å²) in [6, 6.07) is 0.349. The summed E-state index contributed by atoms with van der Waals surface area (Å²) in [6.07, 6.45) is 3.76. The maximum absolute atomic E-state index is 8.52. The molecule has 0 aliphatic carbocycles. The molecular weight excluding hydrogens is 194 g/mol. The first kappa shape index (κ1) is 13.3. The molecule has 0 N–H and O–H groups in total. The van der Waals surface area contributed by atoms with Crippen molar-refractivity contribution < 1.29 is 0 Å². The van der Waals surface area contributed by atoms with Crippen molar-refractivity contribution in [2.45, 2.75) is 33.7 Å². The fourth-order valence-electron chi connectivity index (χ4n) is 1.06. The highest BCUT2D eigenvalue weighted by molar-refractivity contribution is 8.13. The van der Waals surface area contributed by atoms with Gasteiger partial charge in [0, 0.05) is 13.1 Å². The van der Waals surface area contributed by atoms with Crippen LogP contribution >= 0.6 is 11.8 Å². The van der Waals surface area contributed by atoms with E-state index in [1.54, 1.807) is 0 Å². The van der Waals surface area contributed by atoms with Crippen LogP contribution in [0.15, 0.2) is 4.99 Å². The van der Waals surface area contributed by atoms with E-state index in [0.717, 1.165) is 5.17 Å². The molecule has 0 aliphatic heterocycles. The van der Waals surface area contributed by atoms with E-state index in [9.17, 15) is 0 Å². The van der Waals surface area contributed by atoms with Crippen molar-refractivity contribution in [1.82, 2.24) is 4.90 Å². The van der Waals surface area contributed by atoms with Gasteiger partial charge in [-0.2, -0.15) is 5.26 Å². The molecule has 1 unspecified atom stereocenters. The molecule has 0 aromatic heterocycles. The smallest absolute Gasteiger partial charge is 0.208 e. The Kier molecular flexibility index (Phi) is 5.00. The molecule has 0 amide bonds. The molecular formula is C10H19N3S. The molecule has 1 atom stereocenters. The van der Waals surface area contributed by atoms with E-state index in [4.69, 9.17) is 5.26 Å². The van der Waals surface area contributed by atoms with Crippen LogP contribution in [0.1, 0.15) is 27.7 Å². The molecule has 0 saturated carbocycles. The van der Waals surface area contributed by atoms with E-state index >= 15 is 0 Å². The number of nitrogens with zero attached hydrogens (tertiary/aromatic N) is 3. The normalized spacial score (nSPS) is 14.8. The van der Waals surface area contributed by atoms with Gasteiger partial charge in [0.25, 0.3) is 0 Å². The molecule has 0 aromatic carbocycles. The van der Waals surface area contributed by atoms with Crippen LogP contribution in [0.25, 0.3) is 0 Å². The van der Waals surface area contributed by atoms with Gasteiger partial charge < -0.3 is 4.90 Å². The summed E-state index contributed by atoms with van der Waals surface area (Å²) in [5, 5.41) is 9.30. The lowest BCUT2D eigenvalue weighted by Crippen LogP contribution is -2.41. The monoisotopic (exact) mass is 213 g/mol. The van der Waals surface area contributed by atoms with Gasteiger partial charge in [-0.05, 0) is 18.6 Å². The molecule has 0 spiro atoms. The lowest BCUT2D eigenvalue weighted by Gasteiger charge is -2.36. The summed E-state index contributed by atoms with van der Waals surface area (Å²) in [5.74, 6) is 0. The number of hydrogen-bond donors (Lipinski definition) is 0. The molecule has 0 bridgehead atoms. The van der Waals surface area contributed by atoms with Crippen molar-refractivity contribution in [3.8, 4) is 6.19 Å². The van der Waals surface area contributed by atoms with Gasteiger partial charge in [-0.25, -0.2) is 0 Å². The molecule has 0 fully saturated rings. The number of rotatable bonds is 1. The van der Waals surface area contributed by atoms with E-state index in [1.165, 1.54) is 11.8 Å². The van der Waals surface area contributed by atoms with Crippen LogP contribution in [-0.2, 0) is 0 Å². The minimum atomic E-state index is 0.181. The summed E-state index contributed by atoms with van der Waals surface area (Å²) in [6.45, 7) is 8.68. The largest absolute Gasteiger partial charge is 0.350 e. The Morgan fingerprint density at radius 2 is 2.00 bits per heavy atom. The fraction of sp³-hybridized carbons (Fsp3) is 0.800. The topological polar surface area (TPSA) is 39.4 Å². The summed E-state index contributed by atoms with van der Waals surface area (Å²) in [7, 11) is 1.97. The van der Waals surface area contributed by atoms with Crippen molar-refractivity contribution in [3.05, 3.63) is 0 Å². The van der Waals surface area contributed by atoms with Crippen LogP contribution in [0.5, 0.6) is 0 Å². The van der Waals surface area contributed by atoms with Crippen molar-refractivity contribution in [3.63, 3.8) is 0 Å². The zero-order chi connectivity index (χ0) is 11.4. The number of thioether (sulfide) groups is 1. The fourth-order valence-corrected chi connectivity index (χ4v) is 1.64. The van der Waals surface area contributed by atoms with Crippen molar-refractivity contribution in [1.29, 1.82) is 5.26 Å². The standard InChI is InChI=1S/C10H19N3S/c1-8(10(2,3)4)13(5)9(14-6)12-7-11/h8H,1-6H3. The maximum atomic E-state index is 8.52. The highest BCUT2D eigenvalue weighted by Crippen LogP contribution is 2.24. The van der Waals surface area contributed by atoms with E-state index in [2.05, 4.69) is 32.7 Å². The Labute approximate surface area is 91.2 Å². The Morgan fingerprint density at radius 3 is 2.29 bits per heavy atom. The van der Waals surface area contributed by atoms with Crippen molar-refractivity contribution >= 4 is 16.9 Å². The molecule has 0 radical (unpaired) electrons. The highest BCUT2D eigenvalue weighted by atomic mass is 32.2. The van der Waals surface area contributed by atoms with E-state index in [1.807, 2.05) is 24.4 Å². The molecule has 0 saturated heterocycles. The van der Waals surface area contributed by atoms with Gasteiger partial charge in [0.15, 0.2) is 5.17 Å². The number of amidine groups is 1. The Hall–Kier alpha value is -0.690. The summed E-state index contributed by atoms with van der Waals surface area (Å²) in [4.78, 5) is 5.84. The van der Waals surface area contributed by atoms with Crippen LogP contribution in [0.3, 0.4) is 0 Å². The van der Waals surface area contributed by atoms with Gasteiger partial charge in [-0.3, -0.25) is 0 Å². The molecule has 0 rings (SSSR count). The first-order chi connectivity index (χ1) is 6.34. The maximum Gasteiger partial charge on any atom is 0.208 e. The lowest BCUT2D eigenvalue weighted by atomic mass is 9.87. The van der Waals surface area contributed by atoms with Crippen LogP contribution in [0.2, 0.25) is 0 Å². The molecule has 4 heteroatoms. The van der Waals surface area contributed by atoms with Gasteiger partial charge in [0.2, 0.25) is 6.19 Å². The molecule has 3 nitrogen and oxygen atoms in total. The lowest BCUT2D eigenvalue weighted by molar-refractivity contribution is 0.211. The van der Waals surface area contributed by atoms with E-state index < -0.39 is 0 Å². The SMILES string of the molecule is CSC(=NC#N)N(C)C(C)C(C)(C)C. The molecule has 0 aliphatic rings. The van der Waals surface area contributed by atoms with Gasteiger partial charge in [0.05, 0.1) is 0 Å². The second-order valence-corrected chi connectivity index (χ2v) is 5.12. The van der Waals surface area contributed by atoms with Gasteiger partial charge in [0.1, 0.15) is 0 Å². The number of nitriles is 1. The second kappa shape index (κ2) is 5.26. The Morgan fingerprint density at radius 1 is 1.50 bits per heavy atom. The second-order valence-electron chi connectivity index (χ2n) is 4.35. The van der Waals surface area contributed by atoms with Crippen LogP contribution in [0.4, 0.5) is 0 Å². The van der Waals surface area contributed by atoms with E-state index in [-0.39, 0.29) is 5.41 Å². The Balaban J connectivity index is 4.69. The molecule has 0 heterocycles. The highest BCUT2D eigenvalue weighted by Gasteiger charge is 2.25. The van der Waals surface area contributed by atoms with Crippen LogP contribution in [0, 0.1) is 16.9 Å². The summed E-state index contributed by atoms with van der Waals surface area (Å²) < 4.78 is 0. The minimum Gasteiger partial charge on any atom is -0.350 e. The molecule has 80 valence electrons. The summed E-state index contributed by atoms with van der Waals surface area (Å²) >= 11 is 1.50. The van der Waals surface area contributed by atoms with Gasteiger partial charge in [-0.1, -0.05) is 32.5 Å². The zero-order valence-electron chi connectivity index (χ0n) is 9.83. The average Bonchev–Trinajstić information content (AvgIpc) is 2.10. The van der Waals surface area contributed by atoms with E-state index in [0.29, 0.717) is 6.04 Å². The zero-order valence-corrected chi connectivity index (χ0v) is 10.6. The molecule has 14 heavy (non-hydrogen) atoms. The first-order valence-electron chi connectivity index (χ1n) is 4.58. The van der Waals surface area contributed by atoms with Gasteiger partial charge >= 0.3 is 0 Å². The van der Waals surface area contributed by atoms with Crippen molar-refractivity contribution in [2.75, 3.05) is 13.3 Å². The van der Waals surface area contributed by atoms with Crippen LogP contribution < -0.4 is 0 Å². The first-order valence-corrected chi connectivity index (χ1v) is 5.80. The van der Waals surface area contributed by atoms with Crippen LogP contribution in [-0.4, -0.2) is 29.4 Å². The Bertz CT molecular complexity index is 247. The third-order valence-electron chi connectivity index (χ3n) is 2.46. The van der Waals surface area contributed by atoms with Gasteiger partial charge in [-0.15, -0.1) is 4.99 Å².